The zero-order valence-electron chi connectivity index (χ0n) is 11.0. The summed E-state index contributed by atoms with van der Waals surface area (Å²) in [5, 5.41) is -0.888. The van der Waals surface area contributed by atoms with Crippen molar-refractivity contribution in [2.24, 2.45) is 0 Å². The Hall–Kier alpha value is -1.59. The second kappa shape index (κ2) is 5.49. The second-order valence-electron chi connectivity index (χ2n) is 4.78. The molecule has 0 unspecified atom stereocenters. The third kappa shape index (κ3) is 2.25. The average Bonchev–Trinajstić information content (AvgIpc) is 2.48. The first-order valence-corrected chi connectivity index (χ1v) is 7.66. The van der Waals surface area contributed by atoms with Crippen LogP contribution in [-0.4, -0.2) is 16.8 Å². The Kier molecular flexibility index (Phi) is 3.89. The summed E-state index contributed by atoms with van der Waals surface area (Å²) in [4.78, 5) is 37.0. The maximum atomic E-state index is 12.8. The van der Waals surface area contributed by atoms with E-state index < -0.39 is 16.8 Å². The summed E-state index contributed by atoms with van der Waals surface area (Å²) in [6.45, 7) is 0. The number of nitrogen functional groups attached to an aromatic ring is 1. The minimum absolute atomic E-state index is 0.0390. The van der Waals surface area contributed by atoms with E-state index >= 15 is 0 Å². The fourth-order valence-electron chi connectivity index (χ4n) is 2.53. The lowest BCUT2D eigenvalue weighted by Gasteiger charge is -2.22. The molecular weight excluding hydrogens is 384 g/mol. The Morgan fingerprint density at radius 2 is 1.26 bits per heavy atom. The molecule has 3 rings (SSSR count). The average molecular weight is 389 g/mol. The highest BCUT2D eigenvalue weighted by Gasteiger charge is 2.37. The highest BCUT2D eigenvalue weighted by molar-refractivity contribution is 6.68. The summed E-state index contributed by atoms with van der Waals surface area (Å²) >= 11 is 23.6. The van der Waals surface area contributed by atoms with Gasteiger partial charge >= 0.3 is 0 Å². The molecular formula is C15H5Cl4NO3. The molecule has 0 aliphatic heterocycles. The molecule has 0 heterocycles. The maximum absolute atomic E-state index is 12.8. The number of hydrogen-bond acceptors (Lipinski definition) is 4. The van der Waals surface area contributed by atoms with Crippen molar-refractivity contribution in [2.45, 2.75) is 0 Å². The first-order valence-electron chi connectivity index (χ1n) is 6.15. The van der Waals surface area contributed by atoms with Gasteiger partial charge in [0.15, 0.2) is 11.6 Å². The largest absolute Gasteiger partial charge is 0.397 e. The first kappa shape index (κ1) is 16.3. The molecule has 8 heteroatoms. The fraction of sp³-hybridized carbons (Fsp3) is 0. The van der Waals surface area contributed by atoms with Gasteiger partial charge in [0.2, 0.25) is 0 Å². The van der Waals surface area contributed by atoms with Crippen LogP contribution in [0.3, 0.4) is 0 Å². The molecule has 23 heavy (non-hydrogen) atoms. The van der Waals surface area contributed by atoms with Crippen molar-refractivity contribution in [2.75, 3.05) is 5.73 Å². The minimum atomic E-state index is -0.893. The van der Waals surface area contributed by atoms with Crippen LogP contribution in [0.2, 0.25) is 15.1 Å². The normalized spacial score (nSPS) is 12.9. The van der Waals surface area contributed by atoms with Crippen molar-refractivity contribution in [3.05, 3.63) is 61.1 Å². The van der Waals surface area contributed by atoms with E-state index in [0.717, 1.165) is 6.07 Å². The fourth-order valence-corrected chi connectivity index (χ4v) is 3.46. The number of halogens is 4. The van der Waals surface area contributed by atoms with Crippen LogP contribution in [0.4, 0.5) is 5.69 Å². The smallest absolute Gasteiger partial charge is 0.254 e. The molecule has 0 radical (unpaired) electrons. The van der Waals surface area contributed by atoms with Crippen LogP contribution in [0.15, 0.2) is 18.2 Å². The Labute approximate surface area is 150 Å². The highest BCUT2D eigenvalue weighted by atomic mass is 35.5. The highest BCUT2D eigenvalue weighted by Crippen LogP contribution is 2.41. The summed E-state index contributed by atoms with van der Waals surface area (Å²) in [5.41, 5.74) is 5.07. The molecule has 0 spiro atoms. The van der Waals surface area contributed by atoms with Crippen molar-refractivity contribution in [3.63, 3.8) is 0 Å². The molecule has 2 aromatic carbocycles. The molecule has 1 aliphatic carbocycles. The molecule has 1 aliphatic rings. The van der Waals surface area contributed by atoms with Gasteiger partial charge in [-0.05, 0) is 29.8 Å². The standard InChI is InChI=1S/C15H5Cl4NO3/c16-5-1-2-6(17)9-8(5)13(21)10-7(18)3-4(15(19)23)12(20)11(10)14(9)22/h1-3H,20H2. The minimum Gasteiger partial charge on any atom is -0.397 e. The third-order valence-corrected chi connectivity index (χ3v) is 4.67. The molecule has 4 nitrogen and oxygen atoms in total. The summed E-state index contributed by atoms with van der Waals surface area (Å²) in [6.07, 6.45) is 0. The van der Waals surface area contributed by atoms with E-state index in [1.54, 1.807) is 0 Å². The van der Waals surface area contributed by atoms with E-state index in [1.165, 1.54) is 12.1 Å². The zero-order valence-corrected chi connectivity index (χ0v) is 14.1. The Balaban J connectivity index is 2.46. The third-order valence-electron chi connectivity index (χ3n) is 3.54. The molecule has 0 saturated carbocycles. The summed E-state index contributed by atoms with van der Waals surface area (Å²) in [5.74, 6) is -1.23. The predicted octanol–water partition coefficient (Wildman–Crippen LogP) is 4.38. The van der Waals surface area contributed by atoms with Gasteiger partial charge in [0.1, 0.15) is 0 Å². The number of rotatable bonds is 1. The number of nitrogens with two attached hydrogens (primary N) is 1. The van der Waals surface area contributed by atoms with Crippen molar-refractivity contribution >= 4 is 68.9 Å². The lowest BCUT2D eigenvalue weighted by atomic mass is 9.82. The van der Waals surface area contributed by atoms with Crippen LogP contribution in [0.1, 0.15) is 42.2 Å². The second-order valence-corrected chi connectivity index (χ2v) is 6.35. The molecule has 0 atom stereocenters. The zero-order chi connectivity index (χ0) is 17.0. The van der Waals surface area contributed by atoms with Gasteiger partial charge in [-0.15, -0.1) is 0 Å². The van der Waals surface area contributed by atoms with Crippen molar-refractivity contribution in [1.82, 2.24) is 0 Å². The number of hydrogen-bond donors (Lipinski definition) is 1. The monoisotopic (exact) mass is 387 g/mol. The van der Waals surface area contributed by atoms with Gasteiger partial charge < -0.3 is 5.73 Å². The Bertz CT molecular complexity index is 937. The van der Waals surface area contributed by atoms with Gasteiger partial charge in [-0.2, -0.15) is 0 Å². The first-order chi connectivity index (χ1) is 10.8. The number of benzene rings is 2. The van der Waals surface area contributed by atoms with E-state index in [2.05, 4.69) is 0 Å². The van der Waals surface area contributed by atoms with Crippen molar-refractivity contribution in [1.29, 1.82) is 0 Å². The van der Waals surface area contributed by atoms with Gasteiger partial charge in [0.25, 0.3) is 5.24 Å². The maximum Gasteiger partial charge on any atom is 0.254 e. The van der Waals surface area contributed by atoms with E-state index in [0.29, 0.717) is 0 Å². The van der Waals surface area contributed by atoms with E-state index in [1.807, 2.05) is 0 Å². The lowest BCUT2D eigenvalue weighted by Crippen LogP contribution is -2.25. The van der Waals surface area contributed by atoms with Crippen LogP contribution in [0.5, 0.6) is 0 Å². The number of carbonyl (C=O) groups excluding carboxylic acids is 3. The van der Waals surface area contributed by atoms with E-state index in [-0.39, 0.29) is 48.6 Å². The number of carbonyl (C=O) groups is 3. The molecule has 0 fully saturated rings. The SMILES string of the molecule is Nc1c(C(=O)Cl)cc(Cl)c2c1C(=O)c1c(Cl)ccc(Cl)c1C2=O. The van der Waals surface area contributed by atoms with Crippen LogP contribution in [0.25, 0.3) is 0 Å². The van der Waals surface area contributed by atoms with Gasteiger partial charge in [-0.25, -0.2) is 0 Å². The van der Waals surface area contributed by atoms with Crippen LogP contribution in [-0.2, 0) is 0 Å². The Morgan fingerprint density at radius 3 is 1.74 bits per heavy atom. The van der Waals surface area contributed by atoms with Gasteiger partial charge in [-0.1, -0.05) is 34.8 Å². The summed E-state index contributed by atoms with van der Waals surface area (Å²) in [7, 11) is 0. The predicted molar refractivity (Wildman–Crippen MR) is 89.4 cm³/mol. The topological polar surface area (TPSA) is 77.2 Å². The Morgan fingerprint density at radius 1 is 0.826 bits per heavy atom. The molecule has 0 amide bonds. The van der Waals surface area contributed by atoms with Gasteiger partial charge in [0, 0.05) is 0 Å². The van der Waals surface area contributed by atoms with Crippen LogP contribution < -0.4 is 5.73 Å². The molecule has 2 aromatic rings. The number of anilines is 1. The van der Waals surface area contributed by atoms with E-state index in [9.17, 15) is 14.4 Å². The quantitative estimate of drug-likeness (QED) is 0.495. The van der Waals surface area contributed by atoms with Crippen molar-refractivity contribution in [3.8, 4) is 0 Å². The van der Waals surface area contributed by atoms with Gasteiger partial charge in [-0.3, -0.25) is 14.4 Å². The van der Waals surface area contributed by atoms with E-state index in [4.69, 9.17) is 52.1 Å². The van der Waals surface area contributed by atoms with Crippen molar-refractivity contribution < 1.29 is 14.4 Å². The molecule has 116 valence electrons. The summed E-state index contributed by atoms with van der Waals surface area (Å²) < 4.78 is 0. The molecule has 0 aromatic heterocycles. The van der Waals surface area contributed by atoms with Crippen LogP contribution >= 0.6 is 46.4 Å². The molecule has 0 bridgehead atoms. The summed E-state index contributed by atoms with van der Waals surface area (Å²) in [6, 6.07) is 3.96. The molecule has 2 N–H and O–H groups in total. The van der Waals surface area contributed by atoms with Gasteiger partial charge in [0.05, 0.1) is 48.6 Å². The lowest BCUT2D eigenvalue weighted by molar-refractivity contribution is 0.0979. The number of ketones is 2. The number of fused-ring (bicyclic) bond motifs is 2. The van der Waals surface area contributed by atoms with Crippen LogP contribution in [0, 0.1) is 0 Å². The molecule has 0 saturated heterocycles.